The maximum Gasteiger partial charge on any atom is 0.228 e. The summed E-state index contributed by atoms with van der Waals surface area (Å²) in [6, 6.07) is 19.4. The summed E-state index contributed by atoms with van der Waals surface area (Å²) in [5.74, 6) is 0.405. The fourth-order valence-corrected chi connectivity index (χ4v) is 2.99. The maximum absolute atomic E-state index is 12.3. The molecule has 3 nitrogen and oxygen atoms in total. The molecule has 0 saturated carbocycles. The molecule has 2 rings (SSSR count). The number of aliphatic hydroxyl groups is 1. The lowest BCUT2D eigenvalue weighted by molar-refractivity contribution is -0.119. The highest BCUT2D eigenvalue weighted by Crippen LogP contribution is 2.22. The Labute approximate surface area is 129 Å². The number of carbonyl (C=O) groups excluding carboxylic acids is 1. The highest BCUT2D eigenvalue weighted by molar-refractivity contribution is 7.99. The van der Waals surface area contributed by atoms with Gasteiger partial charge in [-0.1, -0.05) is 36.4 Å². The van der Waals surface area contributed by atoms with Crippen molar-refractivity contribution in [3.05, 3.63) is 60.7 Å². The molecule has 110 valence electrons. The quantitative estimate of drug-likeness (QED) is 0.770. The van der Waals surface area contributed by atoms with Crippen molar-refractivity contribution in [2.24, 2.45) is 5.92 Å². The van der Waals surface area contributed by atoms with E-state index in [0.29, 0.717) is 12.2 Å². The third-order valence-corrected chi connectivity index (χ3v) is 4.26. The number of hydrogen-bond donors (Lipinski definition) is 2. The molecule has 1 amide bonds. The third kappa shape index (κ3) is 5.25. The van der Waals surface area contributed by atoms with Gasteiger partial charge >= 0.3 is 0 Å². The summed E-state index contributed by atoms with van der Waals surface area (Å²) < 4.78 is 0. The van der Waals surface area contributed by atoms with E-state index < -0.39 is 0 Å². The first kappa shape index (κ1) is 15.6. The Bertz CT molecular complexity index is 545. The molecule has 2 aromatic rings. The van der Waals surface area contributed by atoms with Crippen LogP contribution in [0.1, 0.15) is 6.42 Å². The van der Waals surface area contributed by atoms with E-state index in [-0.39, 0.29) is 18.4 Å². The number of amides is 1. The molecular weight excluding hydrogens is 282 g/mol. The van der Waals surface area contributed by atoms with Crippen molar-refractivity contribution in [1.82, 2.24) is 0 Å². The number of aliphatic hydroxyl groups excluding tert-OH is 1. The maximum atomic E-state index is 12.3. The molecular formula is C17H19NO2S. The number of thioether (sulfide) groups is 1. The molecule has 0 aliphatic carbocycles. The average molecular weight is 301 g/mol. The van der Waals surface area contributed by atoms with Gasteiger partial charge < -0.3 is 10.4 Å². The second kappa shape index (κ2) is 8.49. The molecule has 4 heteroatoms. The van der Waals surface area contributed by atoms with E-state index in [4.69, 9.17) is 5.11 Å². The fraction of sp³-hybridized carbons (Fsp3) is 0.235. The molecule has 0 radical (unpaired) electrons. The lowest BCUT2D eigenvalue weighted by Crippen LogP contribution is -2.25. The van der Waals surface area contributed by atoms with Crippen molar-refractivity contribution >= 4 is 23.4 Å². The third-order valence-electron chi connectivity index (χ3n) is 3.08. The number of para-hydroxylation sites is 1. The largest absolute Gasteiger partial charge is 0.396 e. The first-order chi connectivity index (χ1) is 10.3. The van der Waals surface area contributed by atoms with Crippen LogP contribution in [0.25, 0.3) is 0 Å². The number of anilines is 1. The highest BCUT2D eigenvalue weighted by Gasteiger charge is 2.18. The SMILES string of the molecule is O=C(Nc1ccccc1)C(CCO)CSc1ccccc1. The Balaban J connectivity index is 1.93. The first-order valence-electron chi connectivity index (χ1n) is 6.94. The van der Waals surface area contributed by atoms with Crippen molar-refractivity contribution in [2.75, 3.05) is 17.7 Å². The monoisotopic (exact) mass is 301 g/mol. The van der Waals surface area contributed by atoms with Crippen LogP contribution in [0, 0.1) is 5.92 Å². The van der Waals surface area contributed by atoms with Crippen LogP contribution in [0.5, 0.6) is 0 Å². The summed E-state index contributed by atoms with van der Waals surface area (Å²) in [6.45, 7) is 0.0161. The Hall–Kier alpha value is -1.78. The van der Waals surface area contributed by atoms with E-state index in [0.717, 1.165) is 10.6 Å². The molecule has 1 atom stereocenters. The fourth-order valence-electron chi connectivity index (χ4n) is 1.93. The molecule has 2 N–H and O–H groups in total. The molecule has 0 aliphatic heterocycles. The number of nitrogens with one attached hydrogen (secondary N) is 1. The van der Waals surface area contributed by atoms with Crippen molar-refractivity contribution in [2.45, 2.75) is 11.3 Å². The summed E-state index contributed by atoms with van der Waals surface area (Å²) in [5.41, 5.74) is 0.787. The second-order valence-electron chi connectivity index (χ2n) is 4.69. The minimum absolute atomic E-state index is 0.0161. The minimum atomic E-state index is -0.208. The lowest BCUT2D eigenvalue weighted by atomic mass is 10.1. The van der Waals surface area contributed by atoms with Crippen LogP contribution in [-0.2, 0) is 4.79 Å². The van der Waals surface area contributed by atoms with Crippen LogP contribution in [0.15, 0.2) is 65.6 Å². The minimum Gasteiger partial charge on any atom is -0.396 e. The zero-order valence-corrected chi connectivity index (χ0v) is 12.6. The van der Waals surface area contributed by atoms with Gasteiger partial charge in [-0.2, -0.15) is 0 Å². The van der Waals surface area contributed by atoms with Crippen LogP contribution in [-0.4, -0.2) is 23.4 Å². The van der Waals surface area contributed by atoms with Gasteiger partial charge in [-0.15, -0.1) is 11.8 Å². The van der Waals surface area contributed by atoms with Gasteiger partial charge in [-0.3, -0.25) is 4.79 Å². The zero-order valence-electron chi connectivity index (χ0n) is 11.7. The lowest BCUT2D eigenvalue weighted by Gasteiger charge is -2.15. The predicted octanol–water partition coefficient (Wildman–Crippen LogP) is 3.42. The second-order valence-corrected chi connectivity index (χ2v) is 5.78. The van der Waals surface area contributed by atoms with E-state index in [1.807, 2.05) is 60.7 Å². The van der Waals surface area contributed by atoms with Gasteiger partial charge in [0.15, 0.2) is 0 Å². The van der Waals surface area contributed by atoms with Gasteiger partial charge in [-0.05, 0) is 30.7 Å². The molecule has 0 fully saturated rings. The number of hydrogen-bond acceptors (Lipinski definition) is 3. The Morgan fingerprint density at radius 3 is 2.29 bits per heavy atom. The standard InChI is InChI=1S/C17H19NO2S/c19-12-11-14(13-21-16-9-5-2-6-10-16)17(20)18-15-7-3-1-4-8-15/h1-10,14,19H,11-13H2,(H,18,20). The van der Waals surface area contributed by atoms with Crippen molar-refractivity contribution in [3.63, 3.8) is 0 Å². The highest BCUT2D eigenvalue weighted by atomic mass is 32.2. The number of benzene rings is 2. The molecule has 1 unspecified atom stereocenters. The van der Waals surface area contributed by atoms with Crippen molar-refractivity contribution in [1.29, 1.82) is 0 Å². The summed E-state index contributed by atoms with van der Waals surface area (Å²) in [6.07, 6.45) is 0.471. The van der Waals surface area contributed by atoms with E-state index in [2.05, 4.69) is 5.32 Å². The van der Waals surface area contributed by atoms with Gasteiger partial charge in [0.1, 0.15) is 0 Å². The van der Waals surface area contributed by atoms with Crippen molar-refractivity contribution < 1.29 is 9.90 Å². The summed E-state index contributed by atoms with van der Waals surface area (Å²) in [4.78, 5) is 13.4. The summed E-state index contributed by atoms with van der Waals surface area (Å²) in [5, 5.41) is 12.1. The molecule has 0 heterocycles. The topological polar surface area (TPSA) is 49.3 Å². The Morgan fingerprint density at radius 1 is 1.05 bits per heavy atom. The van der Waals surface area contributed by atoms with Crippen molar-refractivity contribution in [3.8, 4) is 0 Å². The smallest absolute Gasteiger partial charge is 0.228 e. The van der Waals surface area contributed by atoms with E-state index in [1.165, 1.54) is 0 Å². The molecule has 2 aromatic carbocycles. The molecule has 0 spiro atoms. The van der Waals surface area contributed by atoms with Crippen LogP contribution >= 0.6 is 11.8 Å². The summed E-state index contributed by atoms with van der Waals surface area (Å²) in [7, 11) is 0. The van der Waals surface area contributed by atoms with Crippen LogP contribution in [0.3, 0.4) is 0 Å². The van der Waals surface area contributed by atoms with Gasteiger partial charge in [0.05, 0.1) is 0 Å². The number of rotatable bonds is 7. The molecule has 0 aromatic heterocycles. The van der Waals surface area contributed by atoms with E-state index >= 15 is 0 Å². The molecule has 0 saturated heterocycles. The summed E-state index contributed by atoms with van der Waals surface area (Å²) >= 11 is 1.64. The first-order valence-corrected chi connectivity index (χ1v) is 7.93. The van der Waals surface area contributed by atoms with E-state index in [9.17, 15) is 4.79 Å². The number of carbonyl (C=O) groups is 1. The average Bonchev–Trinajstić information content (AvgIpc) is 2.53. The van der Waals surface area contributed by atoms with Gasteiger partial charge in [0.2, 0.25) is 5.91 Å². The van der Waals surface area contributed by atoms with Gasteiger partial charge in [-0.25, -0.2) is 0 Å². The van der Waals surface area contributed by atoms with Crippen LogP contribution in [0.4, 0.5) is 5.69 Å². The molecule has 0 aliphatic rings. The molecule has 0 bridgehead atoms. The normalized spacial score (nSPS) is 11.9. The van der Waals surface area contributed by atoms with Gasteiger partial charge in [0, 0.05) is 28.9 Å². The van der Waals surface area contributed by atoms with Crippen LogP contribution in [0.2, 0.25) is 0 Å². The Morgan fingerprint density at radius 2 is 1.67 bits per heavy atom. The van der Waals surface area contributed by atoms with Crippen LogP contribution < -0.4 is 5.32 Å². The molecule has 21 heavy (non-hydrogen) atoms. The Kier molecular flexibility index (Phi) is 6.31. The predicted molar refractivity (Wildman–Crippen MR) is 87.4 cm³/mol. The zero-order chi connectivity index (χ0) is 14.9. The van der Waals surface area contributed by atoms with E-state index in [1.54, 1.807) is 11.8 Å². The van der Waals surface area contributed by atoms with Gasteiger partial charge in [0.25, 0.3) is 0 Å².